The van der Waals surface area contributed by atoms with E-state index in [1.807, 2.05) is 30.4 Å². The summed E-state index contributed by atoms with van der Waals surface area (Å²) in [5.74, 6) is -0.117. The first-order chi connectivity index (χ1) is 23.2. The van der Waals surface area contributed by atoms with Crippen LogP contribution in [-0.4, -0.2) is 63.4 Å². The first kappa shape index (κ1) is 35.3. The average molecular weight is 659 g/mol. The highest BCUT2D eigenvalue weighted by Crippen LogP contribution is 2.53. The summed E-state index contributed by atoms with van der Waals surface area (Å²) in [4.78, 5) is 34.5. The Morgan fingerprint density at radius 1 is 1.10 bits per heavy atom. The summed E-state index contributed by atoms with van der Waals surface area (Å²) in [5.41, 5.74) is 8.75. The average Bonchev–Trinajstić information content (AvgIpc) is 3.60. The number of methoxy groups -OCH3 is 1. The van der Waals surface area contributed by atoms with Gasteiger partial charge in [0.2, 0.25) is 0 Å². The molecule has 1 aromatic carbocycles. The number of hydrogen-bond acceptors (Lipinski definition) is 9. The maximum atomic E-state index is 13.0. The van der Waals surface area contributed by atoms with Crippen molar-refractivity contribution in [2.45, 2.75) is 82.7 Å². The number of nitrogen functional groups attached to an aromatic ring is 1. The van der Waals surface area contributed by atoms with Crippen LogP contribution in [0, 0.1) is 17.3 Å². The lowest BCUT2D eigenvalue weighted by molar-refractivity contribution is -0.138. The molecule has 5 atom stereocenters. The van der Waals surface area contributed by atoms with Crippen molar-refractivity contribution in [3.8, 4) is 11.5 Å². The molecule has 1 saturated carbocycles. The molecule has 10 heteroatoms. The predicted octanol–water partition coefficient (Wildman–Crippen LogP) is 4.51. The second kappa shape index (κ2) is 15.9. The van der Waals surface area contributed by atoms with E-state index in [0.717, 1.165) is 49.8 Å². The van der Waals surface area contributed by atoms with Gasteiger partial charge in [-0.1, -0.05) is 56.0 Å². The number of aliphatic hydroxyl groups is 3. The summed E-state index contributed by atoms with van der Waals surface area (Å²) in [6.45, 7) is -0.0526. The van der Waals surface area contributed by atoms with Crippen LogP contribution in [0.2, 0.25) is 0 Å². The largest absolute Gasteiger partial charge is 0.668 e. The second-order valence-corrected chi connectivity index (χ2v) is 13.5. The number of aromatic hydroxyl groups is 1. The minimum absolute atomic E-state index is 0.0770. The standard InChI is InChI=1S/C38H48N3O7/c1-48-33-21-26(10-11-32(45)36(47)31(44)9-3-7-24-5-2-6-25(19-24)14-18-42)20-30(35(33)46)34-28-13-17-41-37(39)29(28)12-15-38(34,23-43)22-27-8-4-16-40-27/h4,8,12-13,15-17,20-21,24-25,34,36,42-43,46-47H,2-3,5-7,9-11,14,18-19,22-23H2,1H3,(H2,39,41)/q-1/t24-,25-,34+,36-,38+/m1/s1. The molecule has 2 aliphatic carbocycles. The number of nitrogens with two attached hydrogens (primary N) is 1. The first-order valence-corrected chi connectivity index (χ1v) is 17.0. The Morgan fingerprint density at radius 3 is 2.58 bits per heavy atom. The van der Waals surface area contributed by atoms with Crippen molar-refractivity contribution in [3.63, 3.8) is 0 Å². The minimum Gasteiger partial charge on any atom is -0.668 e. The maximum Gasteiger partial charge on any atom is 0.170 e. The van der Waals surface area contributed by atoms with Gasteiger partial charge in [-0.2, -0.15) is 11.9 Å². The Hall–Kier alpha value is -3.99. The van der Waals surface area contributed by atoms with Gasteiger partial charge in [0.15, 0.2) is 29.2 Å². The highest BCUT2D eigenvalue weighted by atomic mass is 16.5. The number of nitrogens with zero attached hydrogens (tertiary/aromatic N) is 2. The van der Waals surface area contributed by atoms with Crippen molar-refractivity contribution < 1.29 is 34.8 Å². The number of phenolic OH excluding ortho intramolecular Hbond substituents is 1. The number of carbonyl (C=O) groups excluding carboxylic acids is 2. The number of fused-ring (bicyclic) bond motifs is 1. The van der Waals surface area contributed by atoms with Gasteiger partial charge in [-0.3, -0.25) is 9.59 Å². The van der Waals surface area contributed by atoms with E-state index in [4.69, 9.17) is 10.5 Å². The number of ketones is 2. The van der Waals surface area contributed by atoms with Crippen LogP contribution in [0.4, 0.5) is 5.82 Å². The fraction of sp³-hybridized carbons (Fsp3) is 0.500. The van der Waals surface area contributed by atoms with Crippen LogP contribution >= 0.6 is 0 Å². The molecule has 5 rings (SSSR count). The highest BCUT2D eigenvalue weighted by molar-refractivity contribution is 6.05. The molecule has 2 aliphatic rings. The molecule has 2 heterocycles. The number of pyridine rings is 1. The number of phenols is 1. The zero-order valence-electron chi connectivity index (χ0n) is 27.7. The number of benzene rings is 1. The molecule has 0 spiro atoms. The van der Waals surface area contributed by atoms with E-state index in [2.05, 4.69) is 9.97 Å². The Kier molecular flexibility index (Phi) is 11.7. The lowest BCUT2D eigenvalue weighted by Gasteiger charge is -2.42. The van der Waals surface area contributed by atoms with Crippen LogP contribution in [0.25, 0.3) is 6.08 Å². The molecule has 1 fully saturated rings. The first-order valence-electron chi connectivity index (χ1n) is 17.0. The van der Waals surface area contributed by atoms with Crippen molar-refractivity contribution in [2.75, 3.05) is 26.1 Å². The summed E-state index contributed by atoms with van der Waals surface area (Å²) < 4.78 is 5.56. The number of anilines is 1. The van der Waals surface area contributed by atoms with E-state index in [-0.39, 0.29) is 44.0 Å². The van der Waals surface area contributed by atoms with Gasteiger partial charge in [0.1, 0.15) is 5.82 Å². The SMILES string of the molecule is COc1cc(CCC(=O)[C@H](O)C(=O)CCC[C@H]2CCC[C@H](CCO)C2)cc([C@@H]2c3ccnc(N)c3C=C[C@@]2(CO)Cc2ccc[n-]2)c1O. The molecule has 48 heavy (non-hydrogen) atoms. The Labute approximate surface area is 282 Å². The van der Waals surface area contributed by atoms with Gasteiger partial charge in [0.25, 0.3) is 0 Å². The molecule has 2 aromatic heterocycles. The summed E-state index contributed by atoms with van der Waals surface area (Å²) in [6, 6.07) is 8.99. The molecule has 6 N–H and O–H groups in total. The zero-order valence-corrected chi connectivity index (χ0v) is 27.7. The number of carbonyl (C=O) groups is 2. The third-order valence-corrected chi connectivity index (χ3v) is 10.4. The molecule has 0 aliphatic heterocycles. The van der Waals surface area contributed by atoms with Crippen LogP contribution in [0.5, 0.6) is 11.5 Å². The molecule has 0 amide bonds. The zero-order chi connectivity index (χ0) is 34.3. The van der Waals surface area contributed by atoms with E-state index >= 15 is 0 Å². The monoisotopic (exact) mass is 658 g/mol. The maximum absolute atomic E-state index is 13.0. The summed E-state index contributed by atoms with van der Waals surface area (Å²) in [7, 11) is 1.44. The van der Waals surface area contributed by atoms with Crippen LogP contribution in [0.15, 0.2) is 48.8 Å². The Bertz CT molecular complexity index is 1590. The van der Waals surface area contributed by atoms with Crippen LogP contribution in [-0.2, 0) is 22.4 Å². The van der Waals surface area contributed by atoms with Crippen molar-refractivity contribution in [1.82, 2.24) is 9.97 Å². The van der Waals surface area contributed by atoms with Crippen molar-refractivity contribution in [2.24, 2.45) is 17.3 Å². The van der Waals surface area contributed by atoms with E-state index in [1.165, 1.54) is 7.11 Å². The normalized spacial score (nSPS) is 22.6. The third-order valence-electron chi connectivity index (χ3n) is 10.4. The van der Waals surface area contributed by atoms with E-state index in [9.17, 15) is 30.0 Å². The second-order valence-electron chi connectivity index (χ2n) is 13.5. The predicted molar refractivity (Wildman–Crippen MR) is 183 cm³/mol. The topological polar surface area (TPSA) is 177 Å². The lowest BCUT2D eigenvalue weighted by atomic mass is 9.63. The summed E-state index contributed by atoms with van der Waals surface area (Å²) >= 11 is 0. The molecule has 0 unspecified atom stereocenters. The van der Waals surface area contributed by atoms with Crippen molar-refractivity contribution in [1.29, 1.82) is 0 Å². The number of aryl methyl sites for hydroxylation is 1. The number of aromatic nitrogens is 2. The molecule has 0 radical (unpaired) electrons. The van der Waals surface area contributed by atoms with Gasteiger partial charge in [-0.05, 0) is 67.2 Å². The number of hydrogen-bond donors (Lipinski definition) is 5. The van der Waals surface area contributed by atoms with Gasteiger partial charge in [-0.15, -0.1) is 0 Å². The molecular formula is C38H48N3O7-. The number of rotatable bonds is 16. The highest BCUT2D eigenvalue weighted by Gasteiger charge is 2.43. The van der Waals surface area contributed by atoms with E-state index in [1.54, 1.807) is 24.5 Å². The molecule has 3 aromatic rings. The number of aliphatic hydroxyl groups excluding tert-OH is 3. The summed E-state index contributed by atoms with van der Waals surface area (Å²) in [5, 5.41) is 42.4. The smallest absolute Gasteiger partial charge is 0.170 e. The quantitative estimate of drug-likeness (QED) is 0.138. The number of Topliss-reactive ketones (excluding diaryl/α,β-unsaturated/α-hetero) is 2. The molecular weight excluding hydrogens is 610 g/mol. The lowest BCUT2D eigenvalue weighted by Crippen LogP contribution is -2.37. The van der Waals surface area contributed by atoms with E-state index < -0.39 is 29.0 Å². The van der Waals surface area contributed by atoms with Crippen LogP contribution < -0.4 is 15.5 Å². The number of ether oxygens (including phenoxy) is 1. The van der Waals surface area contributed by atoms with Gasteiger partial charge in [0, 0.05) is 48.1 Å². The van der Waals surface area contributed by atoms with Gasteiger partial charge >= 0.3 is 0 Å². The van der Waals surface area contributed by atoms with Gasteiger partial charge in [0.05, 0.1) is 13.7 Å². The Balaban J connectivity index is 1.32. The van der Waals surface area contributed by atoms with Gasteiger partial charge in [-0.25, -0.2) is 4.98 Å². The van der Waals surface area contributed by atoms with E-state index in [0.29, 0.717) is 47.2 Å². The molecule has 10 nitrogen and oxygen atoms in total. The molecule has 258 valence electrons. The molecule has 0 saturated heterocycles. The van der Waals surface area contributed by atoms with Crippen LogP contribution in [0.3, 0.4) is 0 Å². The minimum atomic E-state index is -1.68. The van der Waals surface area contributed by atoms with Gasteiger partial charge < -0.3 is 35.9 Å². The van der Waals surface area contributed by atoms with Crippen LogP contribution in [0.1, 0.15) is 91.7 Å². The summed E-state index contributed by atoms with van der Waals surface area (Å²) in [6.07, 6.45) is 12.8. The molecule has 0 bridgehead atoms. The third kappa shape index (κ3) is 7.83. The fourth-order valence-electron chi connectivity index (χ4n) is 7.81. The van der Waals surface area contributed by atoms with Crippen molar-refractivity contribution >= 4 is 23.5 Å². The van der Waals surface area contributed by atoms with Crippen molar-refractivity contribution in [3.05, 3.63) is 76.7 Å². The fourth-order valence-corrected chi connectivity index (χ4v) is 7.81. The Morgan fingerprint density at radius 2 is 1.88 bits per heavy atom.